The number of hydrogen-bond donors (Lipinski definition) is 0. The van der Waals surface area contributed by atoms with E-state index in [4.69, 9.17) is 0 Å². The Hall–Kier alpha value is -2.36. The molecule has 0 spiro atoms. The first-order chi connectivity index (χ1) is 10.7. The molecule has 0 saturated heterocycles. The first-order valence-electron chi connectivity index (χ1n) is 7.24. The van der Waals surface area contributed by atoms with Crippen molar-refractivity contribution in [3.05, 3.63) is 71.8 Å². The molecule has 1 atom stereocenters. The van der Waals surface area contributed by atoms with Gasteiger partial charge in [0, 0.05) is 17.5 Å². The van der Waals surface area contributed by atoms with Gasteiger partial charge in [-0.15, -0.1) is 0 Å². The number of halogens is 2. The number of hydrogen-bond acceptors (Lipinski definition) is 2. The van der Waals surface area contributed by atoms with Gasteiger partial charge in [0.05, 0.1) is 24.0 Å². The lowest BCUT2D eigenvalue weighted by molar-refractivity contribution is 0.136. The SMILES string of the molecule is FC(F)CC(N=C(c1ccccc1)c1ccccc1)C1=NC1. The molecule has 1 unspecified atom stereocenters. The summed E-state index contributed by atoms with van der Waals surface area (Å²) >= 11 is 0. The van der Waals surface area contributed by atoms with Crippen molar-refractivity contribution in [1.29, 1.82) is 0 Å². The molecule has 0 N–H and O–H groups in total. The van der Waals surface area contributed by atoms with Crippen LogP contribution in [0.3, 0.4) is 0 Å². The Labute approximate surface area is 128 Å². The van der Waals surface area contributed by atoms with E-state index >= 15 is 0 Å². The lowest BCUT2D eigenvalue weighted by Gasteiger charge is -2.13. The molecule has 0 saturated carbocycles. The molecule has 2 nitrogen and oxygen atoms in total. The zero-order valence-electron chi connectivity index (χ0n) is 12.0. The summed E-state index contributed by atoms with van der Waals surface area (Å²) in [7, 11) is 0. The Morgan fingerprint density at radius 1 is 0.955 bits per heavy atom. The summed E-state index contributed by atoms with van der Waals surface area (Å²) in [6, 6.07) is 18.8. The summed E-state index contributed by atoms with van der Waals surface area (Å²) in [5.74, 6) is 0. The van der Waals surface area contributed by atoms with Crippen LogP contribution in [0.4, 0.5) is 8.78 Å². The molecule has 1 aliphatic rings. The van der Waals surface area contributed by atoms with Gasteiger partial charge in [-0.3, -0.25) is 9.98 Å². The van der Waals surface area contributed by atoms with Gasteiger partial charge in [0.1, 0.15) is 0 Å². The number of nitrogens with zero attached hydrogens (tertiary/aromatic N) is 2. The molecule has 0 radical (unpaired) electrons. The largest absolute Gasteiger partial charge is 0.284 e. The first kappa shape index (κ1) is 14.6. The van der Waals surface area contributed by atoms with Gasteiger partial charge in [-0.2, -0.15) is 0 Å². The van der Waals surface area contributed by atoms with Crippen molar-refractivity contribution < 1.29 is 8.78 Å². The van der Waals surface area contributed by atoms with E-state index in [9.17, 15) is 8.78 Å². The van der Waals surface area contributed by atoms with Crippen LogP contribution >= 0.6 is 0 Å². The van der Waals surface area contributed by atoms with Gasteiger partial charge in [0.25, 0.3) is 0 Å². The van der Waals surface area contributed by atoms with Crippen LogP contribution in [0.5, 0.6) is 0 Å². The Morgan fingerprint density at radius 2 is 1.45 bits per heavy atom. The molecule has 0 amide bonds. The Bertz CT molecular complexity index is 637. The Morgan fingerprint density at radius 3 is 1.86 bits per heavy atom. The minimum absolute atomic E-state index is 0.276. The predicted octanol–water partition coefficient (Wildman–Crippen LogP) is 4.00. The van der Waals surface area contributed by atoms with Crippen LogP contribution in [0, 0.1) is 0 Å². The monoisotopic (exact) mass is 298 g/mol. The molecule has 0 fully saturated rings. The van der Waals surface area contributed by atoms with E-state index in [-0.39, 0.29) is 6.42 Å². The van der Waals surface area contributed by atoms with Crippen LogP contribution < -0.4 is 0 Å². The molecule has 1 heterocycles. The van der Waals surface area contributed by atoms with Crippen LogP contribution in [0.15, 0.2) is 70.6 Å². The third-order valence-corrected chi connectivity index (χ3v) is 3.51. The zero-order chi connectivity index (χ0) is 15.4. The second kappa shape index (κ2) is 6.60. The first-order valence-corrected chi connectivity index (χ1v) is 7.24. The minimum Gasteiger partial charge on any atom is -0.284 e. The highest BCUT2D eigenvalue weighted by molar-refractivity contribution is 6.14. The third-order valence-electron chi connectivity index (χ3n) is 3.51. The molecular weight excluding hydrogens is 282 g/mol. The predicted molar refractivity (Wildman–Crippen MR) is 85.2 cm³/mol. The fraction of sp³-hybridized carbons (Fsp3) is 0.222. The number of rotatable bonds is 6. The maximum Gasteiger partial charge on any atom is 0.241 e. The fourth-order valence-corrected chi connectivity index (χ4v) is 2.35. The van der Waals surface area contributed by atoms with Crippen molar-refractivity contribution in [2.24, 2.45) is 9.98 Å². The highest BCUT2D eigenvalue weighted by Crippen LogP contribution is 2.19. The van der Waals surface area contributed by atoms with E-state index in [0.29, 0.717) is 6.54 Å². The second-order valence-electron chi connectivity index (χ2n) is 5.16. The zero-order valence-corrected chi connectivity index (χ0v) is 12.0. The molecular formula is C18H16F2N2. The van der Waals surface area contributed by atoms with Crippen molar-refractivity contribution in [1.82, 2.24) is 0 Å². The quantitative estimate of drug-likeness (QED) is 0.720. The second-order valence-corrected chi connectivity index (χ2v) is 5.16. The third kappa shape index (κ3) is 3.64. The molecule has 22 heavy (non-hydrogen) atoms. The molecule has 4 heteroatoms. The van der Waals surface area contributed by atoms with Gasteiger partial charge in [-0.05, 0) is 0 Å². The number of benzene rings is 2. The Kier molecular flexibility index (Phi) is 4.37. The topological polar surface area (TPSA) is 24.7 Å². The van der Waals surface area contributed by atoms with Crippen molar-refractivity contribution in [3.63, 3.8) is 0 Å². The molecule has 0 aromatic heterocycles. The van der Waals surface area contributed by atoms with Gasteiger partial charge in [-0.25, -0.2) is 8.78 Å². The van der Waals surface area contributed by atoms with E-state index in [1.54, 1.807) is 0 Å². The summed E-state index contributed by atoms with van der Waals surface area (Å²) in [4.78, 5) is 8.70. The van der Waals surface area contributed by atoms with Crippen LogP contribution in [-0.4, -0.2) is 30.4 Å². The molecule has 0 bridgehead atoms. The summed E-state index contributed by atoms with van der Waals surface area (Å²) < 4.78 is 25.6. The van der Waals surface area contributed by atoms with Gasteiger partial charge >= 0.3 is 0 Å². The van der Waals surface area contributed by atoms with Gasteiger partial charge in [0.15, 0.2) is 0 Å². The van der Waals surface area contributed by atoms with E-state index in [1.165, 1.54) is 0 Å². The average Bonchev–Trinajstić information content (AvgIpc) is 3.37. The van der Waals surface area contributed by atoms with E-state index in [2.05, 4.69) is 9.98 Å². The molecule has 3 rings (SSSR count). The van der Waals surface area contributed by atoms with E-state index in [1.807, 2.05) is 60.7 Å². The number of alkyl halides is 2. The lowest BCUT2D eigenvalue weighted by Crippen LogP contribution is -2.19. The normalized spacial score (nSPS) is 14.4. The van der Waals surface area contributed by atoms with E-state index in [0.717, 1.165) is 22.6 Å². The maximum atomic E-state index is 12.8. The van der Waals surface area contributed by atoms with Crippen molar-refractivity contribution in [3.8, 4) is 0 Å². The van der Waals surface area contributed by atoms with E-state index < -0.39 is 12.5 Å². The summed E-state index contributed by atoms with van der Waals surface area (Å²) in [5, 5.41) is 0. The van der Waals surface area contributed by atoms with Crippen LogP contribution in [-0.2, 0) is 0 Å². The minimum atomic E-state index is -2.38. The van der Waals surface area contributed by atoms with Gasteiger partial charge in [-0.1, -0.05) is 60.7 Å². The van der Waals surface area contributed by atoms with Crippen molar-refractivity contribution >= 4 is 11.4 Å². The van der Waals surface area contributed by atoms with Crippen LogP contribution in [0.25, 0.3) is 0 Å². The van der Waals surface area contributed by atoms with Gasteiger partial charge in [0.2, 0.25) is 6.43 Å². The Balaban J connectivity index is 2.01. The molecule has 112 valence electrons. The van der Waals surface area contributed by atoms with Crippen LogP contribution in [0.2, 0.25) is 0 Å². The van der Waals surface area contributed by atoms with Gasteiger partial charge < -0.3 is 0 Å². The smallest absolute Gasteiger partial charge is 0.241 e. The highest BCUT2D eigenvalue weighted by Gasteiger charge is 2.26. The molecule has 2 aromatic carbocycles. The standard InChI is InChI=1S/C18H16F2N2/c19-17(20)11-15(16-12-21-16)22-18(13-7-3-1-4-8-13)14-9-5-2-6-10-14/h1-10,15,17H,11-12H2. The summed E-state index contributed by atoms with van der Waals surface area (Å²) in [5.41, 5.74) is 3.36. The highest BCUT2D eigenvalue weighted by atomic mass is 19.3. The van der Waals surface area contributed by atoms with Crippen LogP contribution in [0.1, 0.15) is 17.5 Å². The fourth-order valence-electron chi connectivity index (χ4n) is 2.35. The molecule has 0 aliphatic carbocycles. The average molecular weight is 298 g/mol. The molecule has 1 aliphatic heterocycles. The number of aliphatic imine (C=N–C) groups is 2. The summed E-state index contributed by atoms with van der Waals surface area (Å²) in [6.07, 6.45) is -2.66. The van der Waals surface area contributed by atoms with Crippen molar-refractivity contribution in [2.75, 3.05) is 6.54 Å². The maximum absolute atomic E-state index is 12.8. The lowest BCUT2D eigenvalue weighted by atomic mass is 10.0. The molecule has 2 aromatic rings. The summed E-state index contributed by atoms with van der Waals surface area (Å²) in [6.45, 7) is 0.553. The van der Waals surface area contributed by atoms with Crippen molar-refractivity contribution in [2.45, 2.75) is 18.9 Å².